The zero-order valence-corrected chi connectivity index (χ0v) is 11.1. The highest BCUT2D eigenvalue weighted by molar-refractivity contribution is 5.87. The molecule has 1 aliphatic rings. The molecule has 0 fully saturated rings. The monoisotopic (exact) mass is 284 g/mol. The summed E-state index contributed by atoms with van der Waals surface area (Å²) >= 11 is 0. The van der Waals surface area contributed by atoms with Crippen LogP contribution in [-0.2, 0) is 9.59 Å². The number of esters is 1. The van der Waals surface area contributed by atoms with E-state index in [-0.39, 0.29) is 24.2 Å². The van der Waals surface area contributed by atoms with Crippen molar-refractivity contribution < 1.29 is 28.2 Å². The second-order valence-electron chi connectivity index (χ2n) is 4.85. The molecular weight excluding hydrogens is 270 g/mol. The Morgan fingerprint density at radius 3 is 2.70 bits per heavy atom. The van der Waals surface area contributed by atoms with Gasteiger partial charge in [0.05, 0.1) is 5.92 Å². The van der Waals surface area contributed by atoms with Crippen molar-refractivity contribution in [1.82, 2.24) is 0 Å². The van der Waals surface area contributed by atoms with Crippen LogP contribution < -0.4 is 4.74 Å². The van der Waals surface area contributed by atoms with Gasteiger partial charge >= 0.3 is 5.97 Å². The second-order valence-corrected chi connectivity index (χ2v) is 4.85. The maximum absolute atomic E-state index is 13.7. The van der Waals surface area contributed by atoms with Crippen LogP contribution in [0.3, 0.4) is 0 Å². The summed E-state index contributed by atoms with van der Waals surface area (Å²) in [4.78, 5) is 23.3. The lowest BCUT2D eigenvalue weighted by molar-refractivity contribution is -0.143. The van der Waals surface area contributed by atoms with Crippen molar-refractivity contribution in [2.45, 2.75) is 32.6 Å². The molecule has 20 heavy (non-hydrogen) atoms. The van der Waals surface area contributed by atoms with Gasteiger partial charge in [0.2, 0.25) is 5.82 Å². The van der Waals surface area contributed by atoms with Crippen molar-refractivity contribution in [2.24, 2.45) is 5.92 Å². The third-order valence-corrected chi connectivity index (χ3v) is 3.62. The minimum absolute atomic E-state index is 0.0277. The molecule has 1 aliphatic heterocycles. The van der Waals surface area contributed by atoms with Crippen molar-refractivity contribution in [3.05, 3.63) is 23.3 Å². The molecule has 0 bridgehead atoms. The van der Waals surface area contributed by atoms with Crippen molar-refractivity contribution >= 4 is 11.8 Å². The van der Waals surface area contributed by atoms with E-state index in [0.717, 1.165) is 6.07 Å². The van der Waals surface area contributed by atoms with Gasteiger partial charge in [0, 0.05) is 18.4 Å². The summed E-state index contributed by atoms with van der Waals surface area (Å²) in [5, 5.41) is 9.19. The predicted octanol–water partition coefficient (Wildman–Crippen LogP) is 2.68. The quantitative estimate of drug-likeness (QED) is 0.684. The molecule has 0 aromatic heterocycles. The number of benzene rings is 1. The lowest BCUT2D eigenvalue weighted by Gasteiger charge is -2.29. The first-order chi connectivity index (χ1) is 9.36. The first kappa shape index (κ1) is 14.4. The van der Waals surface area contributed by atoms with E-state index >= 15 is 0 Å². The average molecular weight is 284 g/mol. The molecule has 0 amide bonds. The molecule has 0 saturated heterocycles. The van der Waals surface area contributed by atoms with Crippen molar-refractivity contribution in [2.75, 3.05) is 0 Å². The Bertz CT molecular complexity index is 583. The van der Waals surface area contributed by atoms with Crippen LogP contribution in [0.2, 0.25) is 0 Å². The van der Waals surface area contributed by atoms with Crippen LogP contribution in [0.25, 0.3) is 0 Å². The number of rotatable bonds is 3. The number of hydrogen-bond acceptors (Lipinski definition) is 4. The van der Waals surface area contributed by atoms with E-state index < -0.39 is 40.9 Å². The fourth-order valence-corrected chi connectivity index (χ4v) is 2.30. The molecule has 2 unspecified atom stereocenters. The predicted molar refractivity (Wildman–Crippen MR) is 65.5 cm³/mol. The number of phenols is 1. The number of aromatic hydroxyl groups is 1. The number of ketones is 1. The van der Waals surface area contributed by atoms with E-state index in [2.05, 4.69) is 0 Å². The zero-order valence-electron chi connectivity index (χ0n) is 11.1. The molecular formula is C14H14F2O4. The van der Waals surface area contributed by atoms with Crippen LogP contribution in [0.1, 0.15) is 38.2 Å². The molecule has 6 heteroatoms. The summed E-state index contributed by atoms with van der Waals surface area (Å²) in [7, 11) is 0. The summed E-state index contributed by atoms with van der Waals surface area (Å²) in [6, 6.07) is 0.939. The molecule has 0 saturated carbocycles. The van der Waals surface area contributed by atoms with Gasteiger partial charge in [-0.25, -0.2) is 4.39 Å². The highest BCUT2D eigenvalue weighted by Gasteiger charge is 2.39. The van der Waals surface area contributed by atoms with E-state index in [4.69, 9.17) is 4.74 Å². The molecule has 1 aromatic carbocycles. The molecule has 0 radical (unpaired) electrons. The van der Waals surface area contributed by atoms with Gasteiger partial charge in [0.15, 0.2) is 17.3 Å². The molecule has 0 aliphatic carbocycles. The fraction of sp³-hybridized carbons (Fsp3) is 0.429. The second kappa shape index (κ2) is 5.19. The third kappa shape index (κ3) is 2.26. The number of phenolic OH excluding ortho intramolecular Hbond substituents is 1. The van der Waals surface area contributed by atoms with Crippen LogP contribution in [0, 0.1) is 17.6 Å². The van der Waals surface area contributed by atoms with Gasteiger partial charge in [0.1, 0.15) is 5.78 Å². The van der Waals surface area contributed by atoms with Gasteiger partial charge in [-0.1, -0.05) is 13.8 Å². The lowest BCUT2D eigenvalue weighted by Crippen LogP contribution is -2.32. The molecule has 1 heterocycles. The molecule has 4 nitrogen and oxygen atoms in total. The number of carbonyl (C=O) groups is 2. The molecule has 108 valence electrons. The number of Topliss-reactive ketones (excluding diaryl/α,β-unsaturated/α-hetero) is 1. The summed E-state index contributed by atoms with van der Waals surface area (Å²) in [5.74, 6) is -6.23. The van der Waals surface area contributed by atoms with Crippen LogP contribution in [0.15, 0.2) is 6.07 Å². The highest BCUT2D eigenvalue weighted by Crippen LogP contribution is 2.43. The molecule has 2 rings (SSSR count). The lowest BCUT2D eigenvalue weighted by atomic mass is 9.81. The van der Waals surface area contributed by atoms with Crippen molar-refractivity contribution in [3.63, 3.8) is 0 Å². The van der Waals surface area contributed by atoms with E-state index in [1.165, 1.54) is 0 Å². The minimum atomic E-state index is -1.29. The summed E-state index contributed by atoms with van der Waals surface area (Å²) in [6.07, 6.45) is 0.252. The van der Waals surface area contributed by atoms with Crippen molar-refractivity contribution in [3.8, 4) is 11.5 Å². The number of hydrogen-bond donors (Lipinski definition) is 1. The Hall–Kier alpha value is -1.98. The van der Waals surface area contributed by atoms with Crippen LogP contribution in [0.4, 0.5) is 8.78 Å². The van der Waals surface area contributed by atoms with Gasteiger partial charge in [-0.15, -0.1) is 0 Å². The van der Waals surface area contributed by atoms with Crippen LogP contribution in [-0.4, -0.2) is 16.9 Å². The van der Waals surface area contributed by atoms with Gasteiger partial charge in [-0.3, -0.25) is 9.59 Å². The Balaban J connectivity index is 2.44. The van der Waals surface area contributed by atoms with Gasteiger partial charge in [-0.05, 0) is 12.0 Å². The van der Waals surface area contributed by atoms with E-state index in [9.17, 15) is 23.5 Å². The van der Waals surface area contributed by atoms with E-state index in [0.29, 0.717) is 0 Å². The Labute approximate surface area is 114 Å². The number of carbonyl (C=O) groups excluding carboxylic acids is 2. The Morgan fingerprint density at radius 2 is 2.10 bits per heavy atom. The maximum Gasteiger partial charge on any atom is 0.315 e. The first-order valence-corrected chi connectivity index (χ1v) is 6.31. The number of ether oxygens (including phenoxy) is 1. The standard InChI is InChI=1S/C14H14F2O4/c1-3-7(17)4-9-6(2)8-5-10(15)12(18)11(16)13(8)20-14(9)19/h5-6,9,18H,3-4H2,1-2H3. The largest absolute Gasteiger partial charge is 0.503 e. The number of halogens is 2. The normalized spacial score (nSPS) is 21.3. The Kier molecular flexibility index (Phi) is 3.74. The number of fused-ring (bicyclic) bond motifs is 1. The third-order valence-electron chi connectivity index (χ3n) is 3.62. The smallest absolute Gasteiger partial charge is 0.315 e. The van der Waals surface area contributed by atoms with E-state index in [1.54, 1.807) is 13.8 Å². The van der Waals surface area contributed by atoms with Gasteiger partial charge < -0.3 is 9.84 Å². The summed E-state index contributed by atoms with van der Waals surface area (Å²) in [6.45, 7) is 3.27. The van der Waals surface area contributed by atoms with Crippen LogP contribution in [0.5, 0.6) is 11.5 Å². The molecule has 2 atom stereocenters. The van der Waals surface area contributed by atoms with E-state index in [1.807, 2.05) is 0 Å². The van der Waals surface area contributed by atoms with Crippen molar-refractivity contribution in [1.29, 1.82) is 0 Å². The highest BCUT2D eigenvalue weighted by atomic mass is 19.1. The molecule has 1 aromatic rings. The SMILES string of the molecule is CCC(=O)CC1C(=O)Oc2c(cc(F)c(O)c2F)C1C. The maximum atomic E-state index is 13.7. The molecule has 1 N–H and O–H groups in total. The summed E-state index contributed by atoms with van der Waals surface area (Å²) in [5.41, 5.74) is 0.145. The molecule has 0 spiro atoms. The first-order valence-electron chi connectivity index (χ1n) is 6.31. The average Bonchev–Trinajstić information content (AvgIpc) is 2.42. The summed E-state index contributed by atoms with van der Waals surface area (Å²) < 4.78 is 31.9. The minimum Gasteiger partial charge on any atom is -0.503 e. The van der Waals surface area contributed by atoms with Gasteiger partial charge in [0.25, 0.3) is 0 Å². The van der Waals surface area contributed by atoms with Crippen LogP contribution >= 0.6 is 0 Å². The van der Waals surface area contributed by atoms with Gasteiger partial charge in [-0.2, -0.15) is 4.39 Å². The topological polar surface area (TPSA) is 63.6 Å². The zero-order chi connectivity index (χ0) is 15.0. The Morgan fingerprint density at radius 1 is 1.45 bits per heavy atom. The fourth-order valence-electron chi connectivity index (χ4n) is 2.30.